The molecule has 1 saturated carbocycles. The van der Waals surface area contributed by atoms with Crippen LogP contribution in [0.2, 0.25) is 5.15 Å². The second-order valence-electron chi connectivity index (χ2n) is 2.97. The molecule has 4 nitrogen and oxygen atoms in total. The van der Waals surface area contributed by atoms with Crippen molar-refractivity contribution in [3.05, 3.63) is 5.15 Å². The maximum absolute atomic E-state index is 9.00. The normalized spacial score (nSPS) is 19.2. The van der Waals surface area contributed by atoms with Crippen LogP contribution in [0.4, 0.5) is 5.82 Å². The number of hydrogen-bond donors (Lipinski definition) is 2. The number of anilines is 1. The zero-order valence-electron chi connectivity index (χ0n) is 6.25. The molecule has 2 N–H and O–H groups in total. The minimum atomic E-state index is -0.167. The number of aromatic nitrogens is 2. The Balaban J connectivity index is 2.08. The number of nitrogens with one attached hydrogen (secondary N) is 1. The highest BCUT2D eigenvalue weighted by Crippen LogP contribution is 2.39. The highest BCUT2D eigenvalue weighted by atomic mass is 35.5. The Morgan fingerprint density at radius 2 is 2.33 bits per heavy atom. The number of aliphatic hydroxyl groups excluding tert-OH is 1. The van der Waals surface area contributed by atoms with Crippen LogP contribution in [0, 0.1) is 0 Å². The molecular formula is C6H8ClN3OS. The third-order valence-electron chi connectivity index (χ3n) is 1.99. The molecule has 0 aromatic carbocycles. The molecule has 1 fully saturated rings. The van der Waals surface area contributed by atoms with Gasteiger partial charge in [0.2, 0.25) is 0 Å². The number of nitrogens with zero attached hydrogens (tertiary/aromatic N) is 2. The Morgan fingerprint density at radius 1 is 1.58 bits per heavy atom. The lowest BCUT2D eigenvalue weighted by Crippen LogP contribution is -2.25. The van der Waals surface area contributed by atoms with E-state index in [9.17, 15) is 0 Å². The van der Waals surface area contributed by atoms with Gasteiger partial charge in [0, 0.05) is 0 Å². The Kier molecular flexibility index (Phi) is 1.94. The molecule has 2 rings (SSSR count). The first kappa shape index (κ1) is 8.22. The summed E-state index contributed by atoms with van der Waals surface area (Å²) in [4.78, 5) is 0. The second-order valence-corrected chi connectivity index (χ2v) is 3.85. The first-order chi connectivity index (χ1) is 5.76. The van der Waals surface area contributed by atoms with Crippen molar-refractivity contribution in [3.63, 3.8) is 0 Å². The van der Waals surface area contributed by atoms with Gasteiger partial charge in [-0.3, -0.25) is 0 Å². The summed E-state index contributed by atoms with van der Waals surface area (Å²) >= 11 is 6.79. The molecule has 0 unspecified atom stereocenters. The summed E-state index contributed by atoms with van der Waals surface area (Å²) in [6.07, 6.45) is 1.94. The zero-order chi connectivity index (χ0) is 8.60. The number of halogens is 1. The van der Waals surface area contributed by atoms with Crippen LogP contribution in [0.1, 0.15) is 12.8 Å². The molecule has 0 saturated heterocycles. The van der Waals surface area contributed by atoms with Crippen LogP contribution in [0.3, 0.4) is 0 Å². The molecule has 1 aliphatic rings. The molecule has 0 aliphatic heterocycles. The van der Waals surface area contributed by atoms with Crippen molar-refractivity contribution in [2.75, 3.05) is 11.9 Å². The van der Waals surface area contributed by atoms with Gasteiger partial charge in [0.1, 0.15) is 0 Å². The summed E-state index contributed by atoms with van der Waals surface area (Å²) < 4.78 is 7.78. The molecular weight excluding hydrogens is 198 g/mol. The lowest BCUT2D eigenvalue weighted by Gasteiger charge is -2.12. The molecule has 1 aliphatic carbocycles. The van der Waals surface area contributed by atoms with E-state index in [0.717, 1.165) is 24.6 Å². The predicted octanol–water partition coefficient (Wildman–Crippen LogP) is 1.13. The number of hydrogen-bond acceptors (Lipinski definition) is 5. The van der Waals surface area contributed by atoms with Gasteiger partial charge >= 0.3 is 0 Å². The quantitative estimate of drug-likeness (QED) is 0.777. The van der Waals surface area contributed by atoms with Crippen molar-refractivity contribution in [1.82, 2.24) is 8.75 Å². The molecule has 1 heterocycles. The molecule has 1 aromatic rings. The van der Waals surface area contributed by atoms with E-state index in [1.165, 1.54) is 0 Å². The van der Waals surface area contributed by atoms with Crippen LogP contribution in [-0.2, 0) is 0 Å². The third-order valence-corrected chi connectivity index (χ3v) is 2.88. The largest absolute Gasteiger partial charge is 0.394 e. The van der Waals surface area contributed by atoms with Gasteiger partial charge in [0.25, 0.3) is 0 Å². The summed E-state index contributed by atoms with van der Waals surface area (Å²) in [7, 11) is 0. The van der Waals surface area contributed by atoms with Gasteiger partial charge in [-0.15, -0.1) is 0 Å². The van der Waals surface area contributed by atoms with E-state index in [-0.39, 0.29) is 12.1 Å². The molecule has 0 atom stereocenters. The van der Waals surface area contributed by atoms with Crippen LogP contribution < -0.4 is 5.32 Å². The summed E-state index contributed by atoms with van der Waals surface area (Å²) in [6.45, 7) is 0.126. The average molecular weight is 206 g/mol. The standard InChI is InChI=1S/C6H8ClN3OS/c7-4-5(10-12-9-4)8-6(3-11)1-2-6/h11H,1-3H2,(H,8,10). The van der Waals surface area contributed by atoms with E-state index in [2.05, 4.69) is 14.1 Å². The van der Waals surface area contributed by atoms with E-state index in [0.29, 0.717) is 11.0 Å². The Labute approximate surface area is 78.9 Å². The van der Waals surface area contributed by atoms with Crippen LogP contribution in [0.5, 0.6) is 0 Å². The minimum Gasteiger partial charge on any atom is -0.394 e. The number of aliphatic hydroxyl groups is 1. The first-order valence-corrected chi connectivity index (χ1v) is 4.74. The van der Waals surface area contributed by atoms with Gasteiger partial charge in [-0.1, -0.05) is 11.6 Å². The summed E-state index contributed by atoms with van der Waals surface area (Å²) in [6, 6.07) is 0. The fraction of sp³-hybridized carbons (Fsp3) is 0.667. The second kappa shape index (κ2) is 2.83. The van der Waals surface area contributed by atoms with Gasteiger partial charge < -0.3 is 10.4 Å². The molecule has 0 amide bonds. The van der Waals surface area contributed by atoms with Gasteiger partial charge in [-0.05, 0) is 12.8 Å². The molecule has 0 radical (unpaired) electrons. The minimum absolute atomic E-state index is 0.126. The lowest BCUT2D eigenvalue weighted by atomic mass is 10.3. The Morgan fingerprint density at radius 3 is 2.75 bits per heavy atom. The maximum Gasteiger partial charge on any atom is 0.186 e. The van der Waals surface area contributed by atoms with Crippen LogP contribution >= 0.6 is 23.3 Å². The zero-order valence-corrected chi connectivity index (χ0v) is 7.82. The SMILES string of the molecule is OCC1(Nc2nsnc2Cl)CC1. The summed E-state index contributed by atoms with van der Waals surface area (Å²) in [5.74, 6) is 0.591. The van der Waals surface area contributed by atoms with E-state index in [4.69, 9.17) is 16.7 Å². The maximum atomic E-state index is 9.00. The highest BCUT2D eigenvalue weighted by Gasteiger charge is 2.42. The van der Waals surface area contributed by atoms with Crippen LogP contribution in [0.15, 0.2) is 0 Å². The summed E-state index contributed by atoms with van der Waals surface area (Å²) in [5.41, 5.74) is -0.167. The van der Waals surface area contributed by atoms with E-state index in [1.54, 1.807) is 0 Å². The van der Waals surface area contributed by atoms with Crippen molar-refractivity contribution in [1.29, 1.82) is 0 Å². The molecule has 66 valence electrons. The van der Waals surface area contributed by atoms with Gasteiger partial charge in [-0.25, -0.2) is 0 Å². The topological polar surface area (TPSA) is 58.0 Å². The first-order valence-electron chi connectivity index (χ1n) is 3.63. The third kappa shape index (κ3) is 1.39. The van der Waals surface area contributed by atoms with E-state index in [1.807, 2.05) is 0 Å². The van der Waals surface area contributed by atoms with Gasteiger partial charge in [0.15, 0.2) is 11.0 Å². The average Bonchev–Trinajstić information content (AvgIpc) is 2.74. The van der Waals surface area contributed by atoms with Crippen LogP contribution in [0.25, 0.3) is 0 Å². The molecule has 1 aromatic heterocycles. The molecule has 0 spiro atoms. The molecule has 12 heavy (non-hydrogen) atoms. The molecule has 0 bridgehead atoms. The van der Waals surface area contributed by atoms with Gasteiger partial charge in [-0.2, -0.15) is 8.75 Å². The summed E-state index contributed by atoms with van der Waals surface area (Å²) in [5, 5.41) is 12.5. The smallest absolute Gasteiger partial charge is 0.186 e. The fourth-order valence-corrected chi connectivity index (χ4v) is 1.62. The monoisotopic (exact) mass is 205 g/mol. The van der Waals surface area contributed by atoms with Crippen LogP contribution in [-0.4, -0.2) is 26.0 Å². The van der Waals surface area contributed by atoms with Crippen molar-refractivity contribution in [3.8, 4) is 0 Å². The fourth-order valence-electron chi connectivity index (χ4n) is 0.977. The lowest BCUT2D eigenvalue weighted by molar-refractivity contribution is 0.266. The van der Waals surface area contributed by atoms with E-state index >= 15 is 0 Å². The Bertz CT molecular complexity index is 286. The Hall–Kier alpha value is -0.390. The van der Waals surface area contributed by atoms with E-state index < -0.39 is 0 Å². The van der Waals surface area contributed by atoms with Crippen molar-refractivity contribution < 1.29 is 5.11 Å². The molecule has 6 heteroatoms. The van der Waals surface area contributed by atoms with Crippen molar-refractivity contribution >= 4 is 29.1 Å². The number of rotatable bonds is 3. The van der Waals surface area contributed by atoms with Crippen molar-refractivity contribution in [2.24, 2.45) is 0 Å². The predicted molar refractivity (Wildman–Crippen MR) is 47.6 cm³/mol. The van der Waals surface area contributed by atoms with Gasteiger partial charge in [0.05, 0.1) is 23.9 Å². The highest BCUT2D eigenvalue weighted by molar-refractivity contribution is 6.99. The van der Waals surface area contributed by atoms with Crippen molar-refractivity contribution in [2.45, 2.75) is 18.4 Å².